The second-order valence-corrected chi connectivity index (χ2v) is 24.6. The first kappa shape index (κ1) is 75.7. The van der Waals surface area contributed by atoms with Crippen molar-refractivity contribution in [3.05, 3.63) is 292 Å². The van der Waals surface area contributed by atoms with Gasteiger partial charge in [-0.2, -0.15) is 0 Å². The van der Waals surface area contributed by atoms with Crippen molar-refractivity contribution >= 4 is 162 Å². The van der Waals surface area contributed by atoms with E-state index in [1.54, 1.807) is 99.3 Å². The van der Waals surface area contributed by atoms with Crippen LogP contribution in [0.5, 0.6) is 0 Å². The molecule has 8 N–H and O–H groups in total. The van der Waals surface area contributed by atoms with E-state index in [-0.39, 0.29) is 86.6 Å². The Morgan fingerprint density at radius 2 is 0.618 bits per heavy atom. The molecule has 30 heteroatoms. The van der Waals surface area contributed by atoms with Crippen LogP contribution in [0.1, 0.15) is 52.9 Å². The number of halogens is 13. The summed E-state index contributed by atoms with van der Waals surface area (Å²) in [5, 5.41) is 54.4. The third kappa shape index (κ3) is 18.9. The summed E-state index contributed by atoms with van der Waals surface area (Å²) < 4.78 is 71.4. The van der Waals surface area contributed by atoms with E-state index in [4.69, 9.17) is 97.3 Å². The van der Waals surface area contributed by atoms with Crippen molar-refractivity contribution in [1.29, 1.82) is 0 Å². The number of carboxylic acid groups (broad SMARTS) is 4. The van der Waals surface area contributed by atoms with E-state index < -0.39 is 47.1 Å². The zero-order valence-electron chi connectivity index (χ0n) is 51.9. The molecule has 0 fully saturated rings. The first-order valence-electron chi connectivity index (χ1n) is 29.0. The van der Waals surface area contributed by atoms with Crippen LogP contribution in [0.3, 0.4) is 0 Å². The van der Waals surface area contributed by atoms with Crippen LogP contribution < -0.4 is 21.3 Å². The van der Waals surface area contributed by atoms with Gasteiger partial charge in [-0.15, -0.1) is 0 Å². The molecule has 0 saturated carbocycles. The zero-order valence-corrected chi connectivity index (χ0v) is 58.0. The summed E-state index contributed by atoms with van der Waals surface area (Å²) in [6.07, 6.45) is 7.95. The van der Waals surface area contributed by atoms with Gasteiger partial charge in [0.2, 0.25) is 0 Å². The topological polar surface area (TPSA) is 262 Å². The van der Waals surface area contributed by atoms with Crippen LogP contribution in [-0.4, -0.2) is 64.4 Å². The van der Waals surface area contributed by atoms with Crippen LogP contribution in [0, 0.1) is 42.9 Å². The summed E-state index contributed by atoms with van der Waals surface area (Å²) in [7, 11) is 0. The molecule has 3 aromatic heterocycles. The molecule has 0 atom stereocenters. The molecule has 518 valence electrons. The van der Waals surface area contributed by atoms with E-state index in [1.165, 1.54) is 42.7 Å². The lowest BCUT2D eigenvalue weighted by molar-refractivity contribution is 0.0686. The molecular formula is C72H45Cl8F5N8O9. The smallest absolute Gasteiger partial charge is 0.337 e. The lowest BCUT2D eigenvalue weighted by atomic mass is 10.0. The third-order valence-corrected chi connectivity index (χ3v) is 16.8. The highest BCUT2D eigenvalue weighted by Crippen LogP contribution is 2.43. The molecular weight excluding hydrogens is 1500 g/mol. The number of rotatable bonds is 16. The molecule has 0 radical (unpaired) electrons. The summed E-state index contributed by atoms with van der Waals surface area (Å²) in [5.41, 5.74) is 7.73. The van der Waals surface area contributed by atoms with E-state index >= 15 is 0 Å². The monoisotopic (exact) mass is 1540 g/mol. The van der Waals surface area contributed by atoms with E-state index in [2.05, 4.69) is 41.4 Å². The molecule has 17 nitrogen and oxygen atoms in total. The molecule has 0 aliphatic rings. The van der Waals surface area contributed by atoms with E-state index in [1.807, 2.05) is 12.1 Å². The predicted octanol–water partition coefficient (Wildman–Crippen LogP) is 22.9. The zero-order chi connectivity index (χ0) is 73.8. The normalized spacial score (nSPS) is 10.6. The van der Waals surface area contributed by atoms with Gasteiger partial charge in [0.1, 0.15) is 41.2 Å². The minimum absolute atomic E-state index is 0.150. The van der Waals surface area contributed by atoms with Crippen LogP contribution in [0.4, 0.5) is 67.5 Å². The summed E-state index contributed by atoms with van der Waals surface area (Å²) in [6.45, 7) is 3.58. The first-order valence-corrected chi connectivity index (χ1v) is 32.1. The number of hydrogen-bond acceptors (Lipinski definition) is 13. The SMILES string of the molecule is Cc1noc(C)c1-c1cc(Cl)c(Nc2ccc(F)cc2C(=O)O)c(Cl)c1.O=C(O)c1cc(F)ccc1Nc1c(Cl)cc(-c2ccc(F)cc2)cc1Cl.O=C(O)c1cc(F)ccc1Nc1c(Cl)cc(-c2ccncc2)cc1Cl.O=C(O)c1cc(F)ccc1Nc1c(Cl)cc(-c2cncnc2)cc1Cl. The molecule has 0 aliphatic carbocycles. The van der Waals surface area contributed by atoms with Gasteiger partial charge in [0, 0.05) is 35.9 Å². The van der Waals surface area contributed by atoms with Crippen molar-refractivity contribution in [2.24, 2.45) is 0 Å². The van der Waals surface area contributed by atoms with Gasteiger partial charge in [0.25, 0.3) is 0 Å². The molecule has 3 heterocycles. The maximum atomic E-state index is 13.3. The first-order chi connectivity index (χ1) is 48.5. The van der Waals surface area contributed by atoms with Crippen LogP contribution in [0.2, 0.25) is 40.2 Å². The Hall–Kier alpha value is -10.5. The highest BCUT2D eigenvalue weighted by Gasteiger charge is 2.22. The molecule has 0 aliphatic heterocycles. The number of pyridine rings is 1. The number of carbonyl (C=O) groups is 4. The average molecular weight is 1540 g/mol. The number of aryl methyl sites for hydroxylation is 2. The molecule has 0 amide bonds. The minimum atomic E-state index is -1.29. The third-order valence-electron chi connectivity index (χ3n) is 14.5. The van der Waals surface area contributed by atoms with Crippen molar-refractivity contribution < 1.29 is 66.1 Å². The fourth-order valence-electron chi connectivity index (χ4n) is 9.69. The standard InChI is InChI=1S/C19H11Cl2F2NO2.C18H13Cl2FN2O3.C18H11Cl2FN2O2.C17H10Cl2FN3O2/c20-15-7-11(10-1-3-12(22)4-2-10)8-16(21)18(15)24-17-6-5-13(23)9-14(17)19(25)26;1-8-16(9(2)26-23-8)10-5-13(19)17(14(20)6-10)22-15-4-3-11(21)7-12(15)18(24)25;19-14-7-11(10-3-5-22-6-4-10)8-15(20)17(14)23-16-2-1-12(21)9-13(16)18(24)25;18-13-3-9(10-6-21-8-22-7-10)4-14(19)16(13)23-15-2-1-11(20)5-12(15)17(24)25/h1-9,24H,(H,25,26);3-7,22H,1-2H3,(H,24,25);1-9,23H,(H,24,25);1-8,23H,(H,24,25). The molecule has 0 bridgehead atoms. The van der Waals surface area contributed by atoms with Gasteiger partial charge in [0.05, 0.1) is 114 Å². The Labute approximate surface area is 615 Å². The summed E-state index contributed by atoms with van der Waals surface area (Å²) >= 11 is 50.5. The number of nitrogens with zero attached hydrogens (tertiary/aromatic N) is 4. The minimum Gasteiger partial charge on any atom is -0.478 e. The molecule has 9 aromatic carbocycles. The van der Waals surface area contributed by atoms with Crippen molar-refractivity contribution in [2.75, 3.05) is 21.3 Å². The number of anilines is 8. The number of aromatic carboxylic acids is 4. The Kier molecular flexibility index (Phi) is 25.0. The Balaban J connectivity index is 0.000000158. The van der Waals surface area contributed by atoms with Crippen LogP contribution in [-0.2, 0) is 0 Å². The number of benzene rings is 9. The molecule has 0 saturated heterocycles. The van der Waals surface area contributed by atoms with Gasteiger partial charge in [0.15, 0.2) is 0 Å². The fraction of sp³-hybridized carbons (Fsp3) is 0.0278. The van der Waals surface area contributed by atoms with Crippen LogP contribution >= 0.6 is 92.8 Å². The average Bonchev–Trinajstić information content (AvgIpc) is 1.19. The van der Waals surface area contributed by atoms with Gasteiger partial charge >= 0.3 is 23.9 Å². The molecule has 0 unspecified atom stereocenters. The number of aromatic nitrogens is 4. The number of carboxylic acids is 4. The summed E-state index contributed by atoms with van der Waals surface area (Å²) in [6, 6.07) is 36.2. The van der Waals surface area contributed by atoms with Gasteiger partial charge in [-0.3, -0.25) is 4.98 Å². The lowest BCUT2D eigenvalue weighted by Crippen LogP contribution is -2.04. The van der Waals surface area contributed by atoms with E-state index in [9.17, 15) is 61.6 Å². The van der Waals surface area contributed by atoms with E-state index in [0.717, 1.165) is 81.9 Å². The summed E-state index contributed by atoms with van der Waals surface area (Å²) in [5.74, 6) is -7.45. The lowest BCUT2D eigenvalue weighted by Gasteiger charge is -2.14. The molecule has 102 heavy (non-hydrogen) atoms. The maximum absolute atomic E-state index is 13.3. The number of nitrogens with one attached hydrogen (secondary N) is 4. The highest BCUT2D eigenvalue weighted by molar-refractivity contribution is 6.42. The largest absolute Gasteiger partial charge is 0.478 e. The fourth-order valence-corrected chi connectivity index (χ4v) is 12.0. The van der Waals surface area contributed by atoms with Gasteiger partial charge < -0.3 is 46.2 Å². The molecule has 12 aromatic rings. The van der Waals surface area contributed by atoms with Crippen molar-refractivity contribution in [3.8, 4) is 44.5 Å². The van der Waals surface area contributed by atoms with E-state index in [0.29, 0.717) is 49.7 Å². The van der Waals surface area contributed by atoms with Crippen molar-refractivity contribution in [2.45, 2.75) is 13.8 Å². The van der Waals surface area contributed by atoms with Gasteiger partial charge in [-0.1, -0.05) is 110 Å². The van der Waals surface area contributed by atoms with Gasteiger partial charge in [-0.05, 0) is 193 Å². The maximum Gasteiger partial charge on any atom is 0.337 e. The van der Waals surface area contributed by atoms with Crippen LogP contribution in [0.15, 0.2) is 193 Å². The Morgan fingerprint density at radius 3 is 0.902 bits per heavy atom. The molecule has 12 rings (SSSR count). The molecule has 0 spiro atoms. The highest BCUT2D eigenvalue weighted by atomic mass is 35.5. The van der Waals surface area contributed by atoms with Crippen molar-refractivity contribution in [1.82, 2.24) is 20.1 Å². The predicted molar refractivity (Wildman–Crippen MR) is 387 cm³/mol. The van der Waals surface area contributed by atoms with Crippen LogP contribution in [0.25, 0.3) is 44.5 Å². The number of hydrogen-bond donors (Lipinski definition) is 8. The Bertz CT molecular complexity index is 4920. The Morgan fingerprint density at radius 1 is 0.343 bits per heavy atom. The second-order valence-electron chi connectivity index (χ2n) is 21.3. The quantitative estimate of drug-likeness (QED) is 0.0418. The second kappa shape index (κ2) is 33.8. The summed E-state index contributed by atoms with van der Waals surface area (Å²) in [4.78, 5) is 57.0. The van der Waals surface area contributed by atoms with Crippen molar-refractivity contribution in [3.63, 3.8) is 0 Å². The van der Waals surface area contributed by atoms with Gasteiger partial charge in [-0.25, -0.2) is 51.1 Å².